The van der Waals surface area contributed by atoms with Crippen LogP contribution in [0.15, 0.2) is 53.6 Å². The van der Waals surface area contributed by atoms with Gasteiger partial charge in [0.1, 0.15) is 30.1 Å². The lowest BCUT2D eigenvalue weighted by Gasteiger charge is -2.44. The Hall–Kier alpha value is -4.51. The zero-order valence-corrected chi connectivity index (χ0v) is 37.3. The van der Waals surface area contributed by atoms with Crippen molar-refractivity contribution in [2.75, 3.05) is 25.6 Å². The van der Waals surface area contributed by atoms with Crippen LogP contribution < -0.4 is 15.5 Å². The molecule has 0 aliphatic carbocycles. The highest BCUT2D eigenvalue weighted by Crippen LogP contribution is 2.64. The fourth-order valence-electron chi connectivity index (χ4n) is 6.65. The van der Waals surface area contributed by atoms with Gasteiger partial charge in [-0.1, -0.05) is 39.8 Å². The maximum atomic E-state index is 15.0. The van der Waals surface area contributed by atoms with Crippen molar-refractivity contribution >= 4 is 26.0 Å². The van der Waals surface area contributed by atoms with Gasteiger partial charge in [0.05, 0.1) is 12.3 Å². The van der Waals surface area contributed by atoms with Gasteiger partial charge in [0.15, 0.2) is 14.4 Å². The van der Waals surface area contributed by atoms with E-state index in [2.05, 4.69) is 5.32 Å². The molecule has 2 aromatic rings. The number of carbonyl (C=O) groups is 2. The first kappa shape index (κ1) is 59.6. The van der Waals surface area contributed by atoms with Crippen LogP contribution in [0.1, 0.15) is 59.6 Å². The van der Waals surface area contributed by atoms with E-state index >= 15 is 8.78 Å². The Kier molecular flexibility index (Phi) is 18.6. The number of halogens is 19. The number of methoxy groups -OCH3 is 1. The molecule has 2 rings (SSSR count). The number of carbonyl (C=O) groups excluding carboxylic acids is 2. The van der Waals surface area contributed by atoms with Crippen LogP contribution in [-0.4, -0.2) is 99.6 Å². The zero-order chi connectivity index (χ0) is 53.0. The molecule has 0 saturated heterocycles. The number of hydrogen-bond donors (Lipinski definition) is 3. The van der Waals surface area contributed by atoms with Gasteiger partial charge < -0.3 is 18.6 Å². The largest absolute Gasteiger partial charge is 0.491 e. The Labute approximate surface area is 375 Å². The number of hydrogen-bond acceptors (Lipinski definition) is 7. The van der Waals surface area contributed by atoms with Gasteiger partial charge in [0.2, 0.25) is 0 Å². The van der Waals surface area contributed by atoms with Gasteiger partial charge in [-0.2, -0.15) is 74.6 Å². The molecule has 2 atom stereocenters. The first-order valence-electron chi connectivity index (χ1n) is 19.4. The van der Waals surface area contributed by atoms with Crippen LogP contribution >= 0.6 is 0 Å². The normalized spacial score (nSPS) is 15.2. The van der Waals surface area contributed by atoms with Crippen LogP contribution in [0.3, 0.4) is 0 Å². The summed E-state index contributed by atoms with van der Waals surface area (Å²) in [4.78, 5) is 25.1. The predicted octanol–water partition coefficient (Wildman–Crippen LogP) is 12.7. The molecule has 9 nitrogen and oxygen atoms in total. The zero-order valence-electron chi connectivity index (χ0n) is 36.3. The van der Waals surface area contributed by atoms with Crippen LogP contribution in [0.4, 0.5) is 93.9 Å². The molecule has 68 heavy (non-hydrogen) atoms. The summed E-state index contributed by atoms with van der Waals surface area (Å²) in [5, 5.41) is 11.2. The lowest BCUT2D eigenvalue weighted by molar-refractivity contribution is -0.461. The van der Waals surface area contributed by atoms with E-state index in [1.807, 2.05) is 0 Å². The first-order chi connectivity index (χ1) is 30.7. The Morgan fingerprint density at radius 3 is 1.62 bits per heavy atom. The van der Waals surface area contributed by atoms with Crippen molar-refractivity contribution in [2.24, 2.45) is 0 Å². The SMILES string of the molecule is CO[C@@H](/C(C)=C(\C)C(=O)NO)[C@@H](OC(=O)Nc1ccc(F)cc1F)c1ccc(OCCO[Si](CCC(F)(F)C(F)(F)C(F)(F)C(F)(F)C(F)(F)C(F)(F)C(F)(F)C(F)(F)F)(C(C)C)C(C)C)cc1. The molecular weight excluding hydrogens is 997 g/mol. The highest BCUT2D eigenvalue weighted by atomic mass is 28.4. The Morgan fingerprint density at radius 2 is 1.18 bits per heavy atom. The van der Waals surface area contributed by atoms with E-state index in [1.165, 1.54) is 71.3 Å². The van der Waals surface area contributed by atoms with Crippen molar-refractivity contribution in [1.29, 1.82) is 0 Å². The van der Waals surface area contributed by atoms with E-state index in [4.69, 9.17) is 23.8 Å². The Bertz CT molecular complexity index is 2080. The van der Waals surface area contributed by atoms with Crippen molar-refractivity contribution in [2.45, 2.75) is 125 Å². The molecule has 0 bridgehead atoms. The number of amides is 2. The third-order valence-corrected chi connectivity index (χ3v) is 16.6. The fraction of sp³-hybridized carbons (Fsp3) is 0.590. The summed E-state index contributed by atoms with van der Waals surface area (Å²) < 4.78 is 286. The summed E-state index contributed by atoms with van der Waals surface area (Å²) in [6.45, 7) is 6.56. The van der Waals surface area contributed by atoms with Gasteiger partial charge >= 0.3 is 53.7 Å². The van der Waals surface area contributed by atoms with Gasteiger partial charge in [-0.3, -0.25) is 15.3 Å². The fourth-order valence-corrected chi connectivity index (χ4v) is 11.1. The third kappa shape index (κ3) is 11.4. The van der Waals surface area contributed by atoms with Crippen molar-refractivity contribution in [3.8, 4) is 5.75 Å². The van der Waals surface area contributed by atoms with Crippen LogP contribution in [0.5, 0.6) is 5.75 Å². The lowest BCUT2D eigenvalue weighted by atomic mass is 9.88. The molecule has 0 heterocycles. The molecule has 0 radical (unpaired) electrons. The second-order valence-electron chi connectivity index (χ2n) is 15.7. The molecule has 0 aliphatic heterocycles. The number of anilines is 1. The van der Waals surface area contributed by atoms with E-state index in [-0.39, 0.29) is 22.5 Å². The average molecular weight is 1040 g/mol. The monoisotopic (exact) mass is 1040 g/mol. The molecule has 2 amide bonds. The molecule has 0 fully saturated rings. The predicted molar refractivity (Wildman–Crippen MR) is 202 cm³/mol. The molecule has 388 valence electrons. The second kappa shape index (κ2) is 21.2. The smallest absolute Gasteiger partial charge is 0.460 e. The van der Waals surface area contributed by atoms with Crippen LogP contribution in [0, 0.1) is 11.6 Å². The van der Waals surface area contributed by atoms with Gasteiger partial charge in [-0.05, 0) is 66.4 Å². The van der Waals surface area contributed by atoms with E-state index in [1.54, 1.807) is 0 Å². The van der Waals surface area contributed by atoms with Crippen LogP contribution in [-0.2, 0) is 18.7 Å². The summed E-state index contributed by atoms with van der Waals surface area (Å²) >= 11 is 0. The van der Waals surface area contributed by atoms with Crippen LogP contribution in [0.25, 0.3) is 0 Å². The van der Waals surface area contributed by atoms with Gasteiger partial charge in [0.25, 0.3) is 5.91 Å². The minimum absolute atomic E-state index is 0.0305. The number of nitrogens with one attached hydrogen (secondary N) is 2. The number of benzene rings is 2. The van der Waals surface area contributed by atoms with Gasteiger partial charge in [0, 0.05) is 25.2 Å². The average Bonchev–Trinajstić information content (AvgIpc) is 3.22. The van der Waals surface area contributed by atoms with Gasteiger partial charge in [-0.25, -0.2) is 19.1 Å². The lowest BCUT2D eigenvalue weighted by Crippen LogP contribution is -2.74. The molecule has 0 aromatic heterocycles. The molecule has 0 aliphatic rings. The van der Waals surface area contributed by atoms with E-state index in [9.17, 15) is 84.2 Å². The van der Waals surface area contributed by atoms with Crippen molar-refractivity contribution in [1.82, 2.24) is 5.48 Å². The second-order valence-corrected chi connectivity index (χ2v) is 20.7. The number of ether oxygens (including phenoxy) is 3. The molecule has 0 saturated carbocycles. The molecular formula is C39H43F19N2O7Si. The summed E-state index contributed by atoms with van der Waals surface area (Å²) in [7, 11) is -2.95. The van der Waals surface area contributed by atoms with Crippen LogP contribution in [0.2, 0.25) is 17.1 Å². The topological polar surface area (TPSA) is 115 Å². The van der Waals surface area contributed by atoms with Crippen molar-refractivity contribution in [3.05, 3.63) is 70.8 Å². The maximum Gasteiger partial charge on any atom is 0.460 e. The van der Waals surface area contributed by atoms with Crippen molar-refractivity contribution < 1.29 is 117 Å². The standard InChI is InChI=1S/C39H43F19N2O7Si/c1-19(2)68(20(3)4,17-14-32(42,43)33(44,45)34(46,47)35(48,49)36(50,51)37(52,53)38(54,55)39(56,57)58)66-16-15-65-25-11-8-23(9-12-25)29(28(64-7)21(5)22(6)30(61)60-63)67-31(62)59-27-13-10-24(40)18-26(27)41/h8-13,18-20,28-29,63H,14-17H2,1-7H3,(H,59,62)(H,60,61)/b22-21+/t28-,29-/m0/s1. The molecule has 3 N–H and O–H groups in total. The summed E-state index contributed by atoms with van der Waals surface area (Å²) in [5.74, 6) is -60.3. The quantitative estimate of drug-likeness (QED) is 0.0254. The van der Waals surface area contributed by atoms with E-state index < -0.39 is 134 Å². The molecule has 29 heteroatoms. The van der Waals surface area contributed by atoms with Gasteiger partial charge in [-0.15, -0.1) is 0 Å². The number of hydroxylamine groups is 1. The third-order valence-electron chi connectivity index (χ3n) is 10.9. The van der Waals surface area contributed by atoms with E-state index in [0.29, 0.717) is 6.07 Å². The Balaban J connectivity index is 2.38. The highest BCUT2D eigenvalue weighted by Gasteiger charge is 2.95. The molecule has 2 aromatic carbocycles. The minimum atomic E-state index is -8.73. The molecule has 0 spiro atoms. The van der Waals surface area contributed by atoms with Crippen molar-refractivity contribution in [3.63, 3.8) is 0 Å². The summed E-state index contributed by atoms with van der Waals surface area (Å²) in [5.41, 5.74) is -0.918. The number of alkyl halides is 17. The summed E-state index contributed by atoms with van der Waals surface area (Å²) in [6.07, 6.45) is -14.6. The first-order valence-corrected chi connectivity index (χ1v) is 21.6. The minimum Gasteiger partial charge on any atom is -0.491 e. The highest BCUT2D eigenvalue weighted by molar-refractivity contribution is 6.76. The molecule has 0 unspecified atom stereocenters. The number of rotatable bonds is 23. The Morgan fingerprint density at radius 1 is 0.691 bits per heavy atom. The maximum absolute atomic E-state index is 15.0. The van der Waals surface area contributed by atoms with E-state index in [0.717, 1.165) is 19.2 Å². The summed E-state index contributed by atoms with van der Waals surface area (Å²) in [6, 6.07) is 5.79.